The summed E-state index contributed by atoms with van der Waals surface area (Å²) in [5, 5.41) is 8.89. The van der Waals surface area contributed by atoms with Crippen LogP contribution in [0.5, 0.6) is 17.4 Å². The van der Waals surface area contributed by atoms with Crippen molar-refractivity contribution in [1.82, 2.24) is 9.29 Å². The van der Waals surface area contributed by atoms with Gasteiger partial charge in [0.25, 0.3) is 0 Å². The van der Waals surface area contributed by atoms with Crippen LogP contribution in [0, 0.1) is 11.3 Å². The van der Waals surface area contributed by atoms with E-state index in [0.717, 1.165) is 0 Å². The Morgan fingerprint density at radius 3 is 2.62 bits per heavy atom. The van der Waals surface area contributed by atoms with E-state index in [2.05, 4.69) is 4.98 Å². The fraction of sp³-hybridized carbons (Fsp3) is 0.294. The molecular formula is C17H17N3O5S. The van der Waals surface area contributed by atoms with Gasteiger partial charge in [-0.05, 0) is 18.2 Å². The summed E-state index contributed by atoms with van der Waals surface area (Å²) in [4.78, 5) is 4.07. The number of pyridine rings is 1. The normalized spacial score (nSPS) is 15.0. The first kappa shape index (κ1) is 18.0. The first-order valence-corrected chi connectivity index (χ1v) is 9.17. The molecule has 0 saturated carbocycles. The van der Waals surface area contributed by atoms with Crippen molar-refractivity contribution in [3.63, 3.8) is 0 Å². The van der Waals surface area contributed by atoms with Gasteiger partial charge in [0.1, 0.15) is 22.5 Å². The summed E-state index contributed by atoms with van der Waals surface area (Å²) in [5.74, 6) is 0.971. The van der Waals surface area contributed by atoms with Crippen LogP contribution >= 0.6 is 0 Å². The van der Waals surface area contributed by atoms with Gasteiger partial charge in [0.15, 0.2) is 0 Å². The Balaban J connectivity index is 1.72. The summed E-state index contributed by atoms with van der Waals surface area (Å²) in [5.41, 5.74) is 0.430. The molecule has 0 aliphatic carbocycles. The van der Waals surface area contributed by atoms with Crippen molar-refractivity contribution in [2.24, 2.45) is 0 Å². The first-order chi connectivity index (χ1) is 12.5. The molecule has 0 spiro atoms. The van der Waals surface area contributed by atoms with Crippen LogP contribution in [0.3, 0.4) is 0 Å². The zero-order valence-corrected chi connectivity index (χ0v) is 15.1. The van der Waals surface area contributed by atoms with Crippen LogP contribution in [0.4, 0.5) is 0 Å². The molecule has 3 rings (SSSR count). The fourth-order valence-electron chi connectivity index (χ4n) is 2.51. The Hall–Kier alpha value is -2.83. The molecule has 1 aliphatic heterocycles. The minimum Gasteiger partial charge on any atom is -0.497 e. The summed E-state index contributed by atoms with van der Waals surface area (Å²) >= 11 is 0. The lowest BCUT2D eigenvalue weighted by atomic mass is 10.2. The van der Waals surface area contributed by atoms with E-state index in [0.29, 0.717) is 17.2 Å². The van der Waals surface area contributed by atoms with E-state index in [1.165, 1.54) is 36.9 Å². The highest BCUT2D eigenvalue weighted by molar-refractivity contribution is 7.89. The number of ether oxygens (including phenoxy) is 3. The molecule has 136 valence electrons. The third-order valence-corrected chi connectivity index (χ3v) is 5.81. The summed E-state index contributed by atoms with van der Waals surface area (Å²) in [6.45, 7) is 0.363. The SMILES string of the molecule is COc1ccc(OC)c(S(=O)(=O)N2CC(Oc3cc(C#N)ccn3)C2)c1. The van der Waals surface area contributed by atoms with E-state index in [1.54, 1.807) is 18.2 Å². The second kappa shape index (κ2) is 7.19. The van der Waals surface area contributed by atoms with Gasteiger partial charge >= 0.3 is 0 Å². The van der Waals surface area contributed by atoms with Crippen LogP contribution in [-0.4, -0.2) is 51.1 Å². The van der Waals surface area contributed by atoms with Gasteiger partial charge in [0.05, 0.1) is 38.9 Å². The molecule has 0 bridgehead atoms. The molecule has 2 heterocycles. The fourth-order valence-corrected chi connectivity index (χ4v) is 4.18. The van der Waals surface area contributed by atoms with Crippen LogP contribution in [0.25, 0.3) is 0 Å². The number of benzene rings is 1. The van der Waals surface area contributed by atoms with Crippen molar-refractivity contribution in [1.29, 1.82) is 5.26 Å². The van der Waals surface area contributed by atoms with Gasteiger partial charge < -0.3 is 14.2 Å². The van der Waals surface area contributed by atoms with Crippen molar-refractivity contribution >= 4 is 10.0 Å². The maximum Gasteiger partial charge on any atom is 0.247 e. The molecule has 0 amide bonds. The topological polar surface area (TPSA) is 102 Å². The molecule has 1 aliphatic rings. The van der Waals surface area contributed by atoms with Crippen LogP contribution < -0.4 is 14.2 Å². The Kier molecular flexibility index (Phi) is 4.97. The maximum atomic E-state index is 12.8. The summed E-state index contributed by atoms with van der Waals surface area (Å²) in [7, 11) is -0.860. The average molecular weight is 375 g/mol. The van der Waals surface area contributed by atoms with Crippen LogP contribution in [0.1, 0.15) is 5.56 Å². The van der Waals surface area contributed by atoms with Gasteiger partial charge in [-0.2, -0.15) is 9.57 Å². The van der Waals surface area contributed by atoms with Crippen molar-refractivity contribution in [3.05, 3.63) is 42.1 Å². The Bertz CT molecular complexity index is 949. The average Bonchev–Trinajstić information content (AvgIpc) is 2.63. The second-order valence-corrected chi connectivity index (χ2v) is 7.48. The predicted molar refractivity (Wildman–Crippen MR) is 91.7 cm³/mol. The van der Waals surface area contributed by atoms with E-state index in [4.69, 9.17) is 19.5 Å². The molecule has 1 aromatic carbocycles. The molecule has 8 nitrogen and oxygen atoms in total. The van der Waals surface area contributed by atoms with Crippen molar-refractivity contribution < 1.29 is 22.6 Å². The highest BCUT2D eigenvalue weighted by Crippen LogP contribution is 2.33. The zero-order valence-electron chi connectivity index (χ0n) is 14.2. The molecular weight excluding hydrogens is 358 g/mol. The Labute approximate surface area is 151 Å². The van der Waals surface area contributed by atoms with Gasteiger partial charge in [0, 0.05) is 18.3 Å². The van der Waals surface area contributed by atoms with Gasteiger partial charge in [-0.1, -0.05) is 0 Å². The smallest absolute Gasteiger partial charge is 0.247 e. The first-order valence-electron chi connectivity index (χ1n) is 7.73. The van der Waals surface area contributed by atoms with Gasteiger partial charge in [-0.15, -0.1) is 0 Å². The van der Waals surface area contributed by atoms with Crippen molar-refractivity contribution in [3.8, 4) is 23.4 Å². The van der Waals surface area contributed by atoms with Gasteiger partial charge in [-0.25, -0.2) is 13.4 Å². The van der Waals surface area contributed by atoms with Crippen LogP contribution in [-0.2, 0) is 10.0 Å². The van der Waals surface area contributed by atoms with E-state index in [9.17, 15) is 8.42 Å². The number of hydrogen-bond donors (Lipinski definition) is 0. The van der Waals surface area contributed by atoms with Crippen molar-refractivity contribution in [2.75, 3.05) is 27.3 Å². The quantitative estimate of drug-likeness (QED) is 0.752. The molecule has 0 radical (unpaired) electrons. The van der Waals surface area contributed by atoms with Crippen LogP contribution in [0.15, 0.2) is 41.4 Å². The molecule has 0 N–H and O–H groups in total. The van der Waals surface area contributed by atoms with E-state index in [-0.39, 0.29) is 29.8 Å². The van der Waals surface area contributed by atoms with Gasteiger partial charge in [0.2, 0.25) is 15.9 Å². The number of methoxy groups -OCH3 is 2. The molecule has 1 saturated heterocycles. The van der Waals surface area contributed by atoms with E-state index in [1.807, 2.05) is 6.07 Å². The summed E-state index contributed by atoms with van der Waals surface area (Å²) < 4.78 is 42.9. The minimum atomic E-state index is -3.74. The lowest BCUT2D eigenvalue weighted by Gasteiger charge is -2.37. The monoisotopic (exact) mass is 375 g/mol. The molecule has 0 atom stereocenters. The number of nitriles is 1. The number of aromatic nitrogens is 1. The number of sulfonamides is 1. The molecule has 2 aromatic rings. The molecule has 1 fully saturated rings. The molecule has 26 heavy (non-hydrogen) atoms. The molecule has 0 unspecified atom stereocenters. The second-order valence-electron chi connectivity index (χ2n) is 5.57. The van der Waals surface area contributed by atoms with E-state index >= 15 is 0 Å². The number of nitrogens with zero attached hydrogens (tertiary/aromatic N) is 3. The standard InChI is InChI=1S/C17H17N3O5S/c1-23-13-3-4-15(24-2)16(8-13)26(21,22)20-10-14(11-20)25-17-7-12(9-18)5-6-19-17/h3-8,14H,10-11H2,1-2H3. The summed E-state index contributed by atoms with van der Waals surface area (Å²) in [6.07, 6.45) is 1.14. The minimum absolute atomic E-state index is 0.0439. The highest BCUT2D eigenvalue weighted by atomic mass is 32.2. The Morgan fingerprint density at radius 2 is 1.96 bits per heavy atom. The van der Waals surface area contributed by atoms with Crippen molar-refractivity contribution in [2.45, 2.75) is 11.0 Å². The van der Waals surface area contributed by atoms with E-state index < -0.39 is 10.0 Å². The lowest BCUT2D eigenvalue weighted by molar-refractivity contribution is 0.0719. The third-order valence-electron chi connectivity index (χ3n) is 3.95. The van der Waals surface area contributed by atoms with Gasteiger partial charge in [-0.3, -0.25) is 0 Å². The lowest BCUT2D eigenvalue weighted by Crippen LogP contribution is -2.56. The number of rotatable bonds is 6. The van der Waals surface area contributed by atoms with Crippen LogP contribution in [0.2, 0.25) is 0 Å². The zero-order chi connectivity index (χ0) is 18.7. The highest BCUT2D eigenvalue weighted by Gasteiger charge is 2.39. The summed E-state index contributed by atoms with van der Waals surface area (Å²) in [6, 6.07) is 9.70. The predicted octanol–water partition coefficient (Wildman–Crippen LogP) is 1.42. The maximum absolute atomic E-state index is 12.8. The molecule has 1 aromatic heterocycles. The third kappa shape index (κ3) is 3.42. The number of hydrogen-bond acceptors (Lipinski definition) is 7. The largest absolute Gasteiger partial charge is 0.497 e. The molecule has 9 heteroatoms. The Morgan fingerprint density at radius 1 is 1.19 bits per heavy atom.